The zero-order valence-corrected chi connectivity index (χ0v) is 11.6. The SMILES string of the molecule is COC(c1noc(C2(C(F)(F)F)CCNC2)n1)C(C)C. The first kappa shape index (κ1) is 15.2. The number of nitrogens with one attached hydrogen (secondary N) is 1. The maximum absolute atomic E-state index is 13.4. The maximum atomic E-state index is 13.4. The highest BCUT2D eigenvalue weighted by atomic mass is 19.4. The number of ether oxygens (including phenoxy) is 1. The fourth-order valence-corrected chi connectivity index (χ4v) is 2.46. The van der Waals surface area contributed by atoms with Gasteiger partial charge in [-0.15, -0.1) is 0 Å². The Bertz CT molecular complexity index is 453. The number of alkyl halides is 3. The number of methoxy groups -OCH3 is 1. The number of aromatic nitrogens is 2. The first-order chi connectivity index (χ1) is 9.32. The van der Waals surface area contributed by atoms with E-state index in [2.05, 4.69) is 15.5 Å². The summed E-state index contributed by atoms with van der Waals surface area (Å²) in [4.78, 5) is 3.96. The molecule has 1 N–H and O–H groups in total. The van der Waals surface area contributed by atoms with Crippen molar-refractivity contribution in [1.29, 1.82) is 0 Å². The van der Waals surface area contributed by atoms with Crippen LogP contribution in [0.3, 0.4) is 0 Å². The molecule has 1 fully saturated rings. The first-order valence-electron chi connectivity index (χ1n) is 6.46. The van der Waals surface area contributed by atoms with Crippen molar-refractivity contribution in [2.75, 3.05) is 20.2 Å². The van der Waals surface area contributed by atoms with Gasteiger partial charge in [-0.1, -0.05) is 19.0 Å². The summed E-state index contributed by atoms with van der Waals surface area (Å²) in [7, 11) is 1.47. The number of nitrogens with zero attached hydrogens (tertiary/aromatic N) is 2. The van der Waals surface area contributed by atoms with Gasteiger partial charge >= 0.3 is 6.18 Å². The highest BCUT2D eigenvalue weighted by molar-refractivity contribution is 5.15. The van der Waals surface area contributed by atoms with E-state index in [1.165, 1.54) is 7.11 Å². The molecule has 2 atom stereocenters. The smallest absolute Gasteiger partial charge is 0.373 e. The first-order valence-corrected chi connectivity index (χ1v) is 6.46. The summed E-state index contributed by atoms with van der Waals surface area (Å²) in [5, 5.41) is 6.39. The number of rotatable bonds is 4. The molecule has 0 saturated carbocycles. The van der Waals surface area contributed by atoms with Gasteiger partial charge in [0.2, 0.25) is 11.7 Å². The zero-order chi connectivity index (χ0) is 15.0. The molecule has 5 nitrogen and oxygen atoms in total. The van der Waals surface area contributed by atoms with Crippen molar-refractivity contribution in [2.45, 2.75) is 38.0 Å². The lowest BCUT2D eigenvalue weighted by Crippen LogP contribution is -2.44. The van der Waals surface area contributed by atoms with Crippen molar-refractivity contribution in [3.63, 3.8) is 0 Å². The highest BCUT2D eigenvalue weighted by Crippen LogP contribution is 2.45. The van der Waals surface area contributed by atoms with Crippen molar-refractivity contribution in [1.82, 2.24) is 15.5 Å². The lowest BCUT2D eigenvalue weighted by molar-refractivity contribution is -0.191. The highest BCUT2D eigenvalue weighted by Gasteiger charge is 2.61. The van der Waals surface area contributed by atoms with Gasteiger partial charge in [0.1, 0.15) is 6.10 Å². The number of halogens is 3. The summed E-state index contributed by atoms with van der Waals surface area (Å²) >= 11 is 0. The summed E-state index contributed by atoms with van der Waals surface area (Å²) in [5.41, 5.74) is -2.09. The third kappa shape index (κ3) is 2.42. The molecule has 8 heteroatoms. The average Bonchev–Trinajstić information content (AvgIpc) is 2.96. The molecule has 20 heavy (non-hydrogen) atoms. The molecule has 0 aromatic carbocycles. The molecule has 114 valence electrons. The van der Waals surface area contributed by atoms with Gasteiger partial charge in [0.15, 0.2) is 5.41 Å². The van der Waals surface area contributed by atoms with Gasteiger partial charge in [-0.05, 0) is 18.9 Å². The molecule has 1 aromatic rings. The molecule has 0 aliphatic carbocycles. The fourth-order valence-electron chi connectivity index (χ4n) is 2.46. The summed E-state index contributed by atoms with van der Waals surface area (Å²) in [6, 6.07) is 0. The van der Waals surface area contributed by atoms with Crippen LogP contribution in [0.5, 0.6) is 0 Å². The summed E-state index contributed by atoms with van der Waals surface area (Å²) < 4.78 is 50.2. The van der Waals surface area contributed by atoms with Crippen LogP contribution in [-0.4, -0.2) is 36.5 Å². The number of hydrogen-bond acceptors (Lipinski definition) is 5. The molecule has 0 bridgehead atoms. The average molecular weight is 293 g/mol. The summed E-state index contributed by atoms with van der Waals surface area (Å²) in [6.07, 6.45) is -5.01. The van der Waals surface area contributed by atoms with Crippen molar-refractivity contribution in [3.05, 3.63) is 11.7 Å². The Morgan fingerprint density at radius 1 is 1.40 bits per heavy atom. The monoisotopic (exact) mass is 293 g/mol. The second kappa shape index (κ2) is 5.33. The molecule has 0 spiro atoms. The van der Waals surface area contributed by atoms with Gasteiger partial charge in [-0.2, -0.15) is 18.2 Å². The number of hydrogen-bond donors (Lipinski definition) is 1. The van der Waals surface area contributed by atoms with Crippen LogP contribution in [0.4, 0.5) is 13.2 Å². The second-order valence-corrected chi connectivity index (χ2v) is 5.36. The molecule has 2 heterocycles. The Morgan fingerprint density at radius 3 is 2.55 bits per heavy atom. The third-order valence-corrected chi connectivity index (χ3v) is 3.66. The Balaban J connectivity index is 2.36. The van der Waals surface area contributed by atoms with E-state index < -0.39 is 17.7 Å². The Kier molecular flexibility index (Phi) is 4.06. The van der Waals surface area contributed by atoms with E-state index in [0.29, 0.717) is 0 Å². The van der Waals surface area contributed by atoms with Crippen LogP contribution in [0.2, 0.25) is 0 Å². The van der Waals surface area contributed by atoms with Gasteiger partial charge in [0, 0.05) is 13.7 Å². The second-order valence-electron chi connectivity index (χ2n) is 5.36. The predicted octanol–water partition coefficient (Wildman–Crippen LogP) is 2.21. The van der Waals surface area contributed by atoms with Gasteiger partial charge < -0.3 is 14.6 Å². The molecular formula is C12H18F3N3O2. The molecular weight excluding hydrogens is 275 g/mol. The quantitative estimate of drug-likeness (QED) is 0.922. The van der Waals surface area contributed by atoms with Gasteiger partial charge in [0.25, 0.3) is 0 Å². The van der Waals surface area contributed by atoms with Crippen LogP contribution in [0.1, 0.15) is 38.1 Å². The van der Waals surface area contributed by atoms with Crippen molar-refractivity contribution in [3.8, 4) is 0 Å². The molecule has 2 rings (SSSR count). The molecule has 1 aliphatic rings. The molecule has 1 aromatic heterocycles. The van der Waals surface area contributed by atoms with Gasteiger partial charge in [0.05, 0.1) is 0 Å². The van der Waals surface area contributed by atoms with E-state index >= 15 is 0 Å². The standard InChI is InChI=1S/C12H18F3N3O2/c1-7(2)8(19-3)9-17-10(20-18-9)11(12(13,14)15)4-5-16-6-11/h7-8,16H,4-6H2,1-3H3. The van der Waals surface area contributed by atoms with Crippen LogP contribution in [-0.2, 0) is 10.2 Å². The fraction of sp³-hybridized carbons (Fsp3) is 0.833. The lowest BCUT2D eigenvalue weighted by Gasteiger charge is -2.26. The molecule has 1 saturated heterocycles. The van der Waals surface area contributed by atoms with Crippen LogP contribution in [0, 0.1) is 5.92 Å². The maximum Gasteiger partial charge on any atom is 0.404 e. The minimum Gasteiger partial charge on any atom is -0.373 e. The van der Waals surface area contributed by atoms with Gasteiger partial charge in [-0.3, -0.25) is 0 Å². The van der Waals surface area contributed by atoms with E-state index in [0.717, 1.165) is 0 Å². The topological polar surface area (TPSA) is 60.2 Å². The minimum absolute atomic E-state index is 0.0361. The third-order valence-electron chi connectivity index (χ3n) is 3.66. The van der Waals surface area contributed by atoms with E-state index in [9.17, 15) is 13.2 Å². The van der Waals surface area contributed by atoms with Crippen LogP contribution < -0.4 is 5.32 Å². The minimum atomic E-state index is -4.43. The molecule has 0 radical (unpaired) electrons. The van der Waals surface area contributed by atoms with Crippen molar-refractivity contribution < 1.29 is 22.4 Å². The Morgan fingerprint density at radius 2 is 2.10 bits per heavy atom. The van der Waals surface area contributed by atoms with E-state index in [1.54, 1.807) is 0 Å². The summed E-state index contributed by atoms with van der Waals surface area (Å²) in [5.74, 6) is -0.185. The van der Waals surface area contributed by atoms with E-state index in [-0.39, 0.29) is 37.1 Å². The molecule has 0 amide bonds. The van der Waals surface area contributed by atoms with Gasteiger partial charge in [-0.25, -0.2) is 0 Å². The normalized spacial score (nSPS) is 25.4. The van der Waals surface area contributed by atoms with Crippen molar-refractivity contribution in [2.24, 2.45) is 5.92 Å². The van der Waals surface area contributed by atoms with E-state index in [1.807, 2.05) is 13.8 Å². The molecule has 1 aliphatic heterocycles. The van der Waals surface area contributed by atoms with Crippen LogP contribution in [0.15, 0.2) is 4.52 Å². The predicted molar refractivity (Wildman–Crippen MR) is 64.1 cm³/mol. The molecule has 2 unspecified atom stereocenters. The van der Waals surface area contributed by atoms with Crippen molar-refractivity contribution >= 4 is 0 Å². The Labute approximate surface area is 114 Å². The lowest BCUT2D eigenvalue weighted by atomic mass is 9.86. The largest absolute Gasteiger partial charge is 0.404 e. The van der Waals surface area contributed by atoms with E-state index in [4.69, 9.17) is 9.26 Å². The van der Waals surface area contributed by atoms with Crippen LogP contribution >= 0.6 is 0 Å². The zero-order valence-electron chi connectivity index (χ0n) is 11.6. The van der Waals surface area contributed by atoms with Crippen LogP contribution in [0.25, 0.3) is 0 Å². The summed E-state index contributed by atoms with van der Waals surface area (Å²) in [6.45, 7) is 3.79. The Hall–Kier alpha value is -1.15.